The van der Waals surface area contributed by atoms with Gasteiger partial charge in [-0.2, -0.15) is 0 Å². The number of carbonyl (C=O) groups is 1. The summed E-state index contributed by atoms with van der Waals surface area (Å²) in [6, 6.07) is 9.06. The molecule has 0 heterocycles. The van der Waals surface area contributed by atoms with Crippen molar-refractivity contribution >= 4 is 16.0 Å². The van der Waals surface area contributed by atoms with Gasteiger partial charge in [-0.1, -0.05) is 30.3 Å². The van der Waals surface area contributed by atoms with E-state index in [4.69, 9.17) is 0 Å². The van der Waals surface area contributed by atoms with Crippen molar-refractivity contribution in [2.45, 2.75) is 55.9 Å². The summed E-state index contributed by atoms with van der Waals surface area (Å²) in [4.78, 5) is 12.1. The van der Waals surface area contributed by atoms with Crippen LogP contribution in [0.2, 0.25) is 0 Å². The molecule has 0 aliphatic heterocycles. The summed E-state index contributed by atoms with van der Waals surface area (Å²) in [5.41, 5.74) is -0.982. The fourth-order valence-electron chi connectivity index (χ4n) is 6.18. The van der Waals surface area contributed by atoms with Crippen LogP contribution in [0.5, 0.6) is 0 Å². The molecular formula is C19H25NO5S. The van der Waals surface area contributed by atoms with E-state index >= 15 is 0 Å². The van der Waals surface area contributed by atoms with Crippen molar-refractivity contribution in [3.8, 4) is 0 Å². The van der Waals surface area contributed by atoms with Gasteiger partial charge in [-0.25, -0.2) is 13.1 Å². The third kappa shape index (κ3) is 3.06. The van der Waals surface area contributed by atoms with Crippen molar-refractivity contribution in [3.63, 3.8) is 0 Å². The lowest BCUT2D eigenvalue weighted by atomic mass is 9.47. The Kier molecular flexibility index (Phi) is 4.17. The minimum absolute atomic E-state index is 0.0696. The Balaban J connectivity index is 1.62. The van der Waals surface area contributed by atoms with Crippen LogP contribution in [0, 0.1) is 17.3 Å². The molecule has 0 radical (unpaired) electrons. The van der Waals surface area contributed by atoms with Gasteiger partial charge in [0.2, 0.25) is 10.0 Å². The third-order valence-electron chi connectivity index (χ3n) is 6.49. The molecule has 5 atom stereocenters. The van der Waals surface area contributed by atoms with Crippen LogP contribution in [-0.2, 0) is 21.4 Å². The van der Waals surface area contributed by atoms with E-state index in [2.05, 4.69) is 4.72 Å². The average Bonchev–Trinajstić information content (AvgIpc) is 2.50. The van der Waals surface area contributed by atoms with Crippen molar-refractivity contribution in [2.75, 3.05) is 0 Å². The van der Waals surface area contributed by atoms with E-state index in [-0.39, 0.29) is 24.8 Å². The molecule has 4 fully saturated rings. The molecule has 4 saturated carbocycles. The second-order valence-corrected chi connectivity index (χ2v) is 10.5. The number of benzene rings is 1. The van der Waals surface area contributed by atoms with Gasteiger partial charge in [0.1, 0.15) is 0 Å². The number of carboxylic acid groups (broad SMARTS) is 1. The number of carboxylic acids is 1. The van der Waals surface area contributed by atoms with E-state index in [1.807, 2.05) is 18.2 Å². The van der Waals surface area contributed by atoms with Gasteiger partial charge in [0, 0.05) is 12.0 Å². The highest BCUT2D eigenvalue weighted by Crippen LogP contribution is 2.63. The first kappa shape index (κ1) is 17.9. The topological polar surface area (TPSA) is 104 Å². The predicted octanol–water partition coefficient (Wildman–Crippen LogP) is 1.89. The van der Waals surface area contributed by atoms with E-state index in [9.17, 15) is 23.4 Å². The Morgan fingerprint density at radius 3 is 2.31 bits per heavy atom. The zero-order chi connectivity index (χ0) is 18.6. The van der Waals surface area contributed by atoms with Gasteiger partial charge in [-0.3, -0.25) is 4.79 Å². The number of rotatable bonds is 6. The molecule has 1 aromatic rings. The minimum atomic E-state index is -4.07. The van der Waals surface area contributed by atoms with Crippen LogP contribution >= 0.6 is 0 Å². The molecule has 0 amide bonds. The predicted molar refractivity (Wildman–Crippen MR) is 95.7 cm³/mol. The maximum absolute atomic E-state index is 13.0. The molecule has 26 heavy (non-hydrogen) atoms. The highest BCUT2D eigenvalue weighted by atomic mass is 32.2. The molecule has 0 saturated heterocycles. The highest BCUT2D eigenvalue weighted by Gasteiger charge is 2.63. The molecule has 7 heteroatoms. The molecule has 4 bridgehead atoms. The number of hydrogen-bond acceptors (Lipinski definition) is 4. The third-order valence-corrected chi connectivity index (χ3v) is 8.36. The summed E-state index contributed by atoms with van der Waals surface area (Å²) in [6.07, 6.45) is 3.76. The minimum Gasteiger partial charge on any atom is -0.480 e. The quantitative estimate of drug-likeness (QED) is 0.700. The number of sulfonamides is 1. The second-order valence-electron chi connectivity index (χ2n) is 8.62. The summed E-state index contributed by atoms with van der Waals surface area (Å²) < 4.78 is 28.5. The van der Waals surface area contributed by atoms with E-state index in [1.54, 1.807) is 12.1 Å². The van der Waals surface area contributed by atoms with Crippen LogP contribution in [-0.4, -0.2) is 35.5 Å². The van der Waals surface area contributed by atoms with E-state index in [0.717, 1.165) is 12.0 Å². The smallest absolute Gasteiger partial charge is 0.323 e. The van der Waals surface area contributed by atoms with E-state index in [0.29, 0.717) is 25.7 Å². The molecule has 4 aliphatic rings. The summed E-state index contributed by atoms with van der Waals surface area (Å²) >= 11 is 0. The lowest BCUT2D eigenvalue weighted by molar-refractivity contribution is -0.172. The van der Waals surface area contributed by atoms with Gasteiger partial charge in [-0.15, -0.1) is 0 Å². The summed E-state index contributed by atoms with van der Waals surface area (Å²) in [5.74, 6) is -0.851. The Bertz CT molecular complexity index is 792. The van der Waals surface area contributed by atoms with Gasteiger partial charge in [0.25, 0.3) is 0 Å². The summed E-state index contributed by atoms with van der Waals surface area (Å²) in [5, 5.41) is 19.2. The monoisotopic (exact) mass is 379 g/mol. The van der Waals surface area contributed by atoms with E-state index in [1.165, 1.54) is 0 Å². The molecule has 5 rings (SSSR count). The highest BCUT2D eigenvalue weighted by molar-refractivity contribution is 7.90. The van der Waals surface area contributed by atoms with Crippen LogP contribution in [0.4, 0.5) is 0 Å². The first-order chi connectivity index (χ1) is 12.2. The standard InChI is InChI=1S/C19H25NO5S/c21-17(22)16(26(24,25)20-11-13-4-2-1-3-5-13)18-7-14-6-15(8-18)10-19(23,9-14)12-18/h1-5,14-16,20,23H,6-12H2,(H,21,22)/t14-,15+,16?,18?,19?. The number of nitrogens with one attached hydrogen (secondary N) is 1. The Labute approximate surface area is 153 Å². The van der Waals surface area contributed by atoms with Gasteiger partial charge >= 0.3 is 5.97 Å². The Morgan fingerprint density at radius 1 is 1.15 bits per heavy atom. The first-order valence-electron chi connectivity index (χ1n) is 9.19. The zero-order valence-electron chi connectivity index (χ0n) is 14.6. The molecule has 0 aromatic heterocycles. The van der Waals surface area contributed by atoms with Crippen LogP contribution in [0.25, 0.3) is 0 Å². The van der Waals surface area contributed by atoms with Crippen molar-refractivity contribution in [1.82, 2.24) is 4.72 Å². The number of aliphatic hydroxyl groups is 1. The molecular weight excluding hydrogens is 354 g/mol. The SMILES string of the molecule is O=C(O)C(C12C[C@@H]3C[C@@H](CC(O)(C3)C1)C2)S(=O)(=O)NCc1ccccc1. The number of aliphatic carboxylic acids is 1. The lowest BCUT2D eigenvalue weighted by Gasteiger charge is -2.61. The summed E-state index contributed by atoms with van der Waals surface area (Å²) in [6.45, 7) is 0.0696. The van der Waals surface area contributed by atoms with Crippen LogP contribution in [0.1, 0.15) is 44.1 Å². The normalized spacial score (nSPS) is 36.8. The van der Waals surface area contributed by atoms with E-state index < -0.39 is 32.3 Å². The first-order valence-corrected chi connectivity index (χ1v) is 10.7. The average molecular weight is 379 g/mol. The Hall–Kier alpha value is -1.44. The maximum Gasteiger partial charge on any atom is 0.323 e. The summed E-state index contributed by atoms with van der Waals surface area (Å²) in [7, 11) is -4.07. The van der Waals surface area contributed by atoms with Gasteiger partial charge in [0.15, 0.2) is 5.25 Å². The van der Waals surface area contributed by atoms with Gasteiger partial charge in [0.05, 0.1) is 5.60 Å². The molecule has 6 nitrogen and oxygen atoms in total. The van der Waals surface area contributed by atoms with Crippen LogP contribution in [0.15, 0.2) is 30.3 Å². The van der Waals surface area contributed by atoms with Crippen molar-refractivity contribution in [1.29, 1.82) is 0 Å². The zero-order valence-corrected chi connectivity index (χ0v) is 15.4. The molecule has 3 N–H and O–H groups in total. The molecule has 0 spiro atoms. The second kappa shape index (κ2) is 6.04. The van der Waals surface area contributed by atoms with Gasteiger partial charge in [-0.05, 0) is 55.9 Å². The fraction of sp³-hybridized carbons (Fsp3) is 0.632. The Morgan fingerprint density at radius 2 is 1.77 bits per heavy atom. The fourth-order valence-corrected chi connectivity index (χ4v) is 7.91. The van der Waals surface area contributed by atoms with Crippen LogP contribution < -0.4 is 4.72 Å². The molecule has 1 aromatic carbocycles. The lowest BCUT2D eigenvalue weighted by Crippen LogP contribution is -2.63. The van der Waals surface area contributed by atoms with Crippen molar-refractivity contribution < 1.29 is 23.4 Å². The molecule has 4 aliphatic carbocycles. The van der Waals surface area contributed by atoms with Crippen LogP contribution in [0.3, 0.4) is 0 Å². The molecule has 3 unspecified atom stereocenters. The van der Waals surface area contributed by atoms with Crippen molar-refractivity contribution in [2.24, 2.45) is 17.3 Å². The molecule has 142 valence electrons. The number of hydrogen-bond donors (Lipinski definition) is 3. The maximum atomic E-state index is 13.0. The van der Waals surface area contributed by atoms with Crippen molar-refractivity contribution in [3.05, 3.63) is 35.9 Å². The largest absolute Gasteiger partial charge is 0.480 e. The van der Waals surface area contributed by atoms with Gasteiger partial charge < -0.3 is 10.2 Å².